The molecule has 0 N–H and O–H groups in total. The van der Waals surface area contributed by atoms with E-state index in [1.165, 1.54) is 5.56 Å². The van der Waals surface area contributed by atoms with Gasteiger partial charge in [0.15, 0.2) is 0 Å². The lowest BCUT2D eigenvalue weighted by atomic mass is 10.0. The molecule has 0 aliphatic rings. The lowest BCUT2D eigenvalue weighted by Gasteiger charge is -2.08. The van der Waals surface area contributed by atoms with Gasteiger partial charge in [-0.1, -0.05) is 60.1 Å². The Hall–Kier alpha value is -3.37. The molecule has 3 aromatic carbocycles. The molecule has 0 atom stereocenters. The van der Waals surface area contributed by atoms with Crippen molar-refractivity contribution in [3.63, 3.8) is 0 Å². The maximum Gasteiger partial charge on any atom is 0.0703 e. The van der Waals surface area contributed by atoms with Gasteiger partial charge in [0.05, 0.1) is 34.7 Å². The van der Waals surface area contributed by atoms with Gasteiger partial charge in [0.25, 0.3) is 0 Å². The first kappa shape index (κ1) is 18.6. The average Bonchev–Trinajstić information content (AvgIpc) is 3.29. The summed E-state index contributed by atoms with van der Waals surface area (Å²) in [6, 6.07) is 24.5. The van der Waals surface area contributed by atoms with Crippen LogP contribution in [0, 0.1) is 13.8 Å². The van der Waals surface area contributed by atoms with Gasteiger partial charge >= 0.3 is 0 Å². The fraction of sp³-hybridized carbons (Fsp3) is 0.120. The summed E-state index contributed by atoms with van der Waals surface area (Å²) in [6.07, 6.45) is 1.91. The number of halogens is 1. The highest BCUT2D eigenvalue weighted by Gasteiger charge is 2.16. The lowest BCUT2D eigenvalue weighted by molar-refractivity contribution is 0.705. The highest BCUT2D eigenvalue weighted by Crippen LogP contribution is 2.32. The van der Waals surface area contributed by atoms with E-state index in [9.17, 15) is 0 Å². The van der Waals surface area contributed by atoms with Crippen molar-refractivity contribution in [1.29, 1.82) is 0 Å². The topological polar surface area (TPSA) is 35.6 Å². The van der Waals surface area contributed by atoms with E-state index in [1.807, 2.05) is 64.9 Å². The number of fused-ring (bicyclic) bond motifs is 1. The third-order valence-electron chi connectivity index (χ3n) is 5.57. The van der Waals surface area contributed by atoms with E-state index >= 15 is 0 Å². The van der Waals surface area contributed by atoms with Crippen LogP contribution in [-0.4, -0.2) is 19.6 Å². The molecular formula is C25H21ClN4. The fourth-order valence-electron chi connectivity index (χ4n) is 3.94. The number of benzene rings is 3. The van der Waals surface area contributed by atoms with Gasteiger partial charge in [-0.25, -0.2) is 4.68 Å². The van der Waals surface area contributed by atoms with Crippen LogP contribution < -0.4 is 0 Å². The van der Waals surface area contributed by atoms with Crippen LogP contribution in [0.4, 0.5) is 0 Å². The summed E-state index contributed by atoms with van der Waals surface area (Å²) in [5.41, 5.74) is 7.51. The molecule has 0 saturated carbocycles. The van der Waals surface area contributed by atoms with Crippen LogP contribution in [0.5, 0.6) is 0 Å². The normalized spacial score (nSPS) is 11.3. The van der Waals surface area contributed by atoms with Crippen molar-refractivity contribution in [2.75, 3.05) is 0 Å². The summed E-state index contributed by atoms with van der Waals surface area (Å²) in [5, 5.41) is 11.2. The van der Waals surface area contributed by atoms with E-state index in [0.717, 1.165) is 44.1 Å². The second-order valence-corrected chi connectivity index (χ2v) is 7.86. The third kappa shape index (κ3) is 3.19. The quantitative estimate of drug-likeness (QED) is 0.352. The zero-order valence-corrected chi connectivity index (χ0v) is 17.6. The zero-order chi connectivity index (χ0) is 20.7. The number of rotatable bonds is 4. The molecule has 4 nitrogen and oxygen atoms in total. The minimum atomic E-state index is 0.648. The summed E-state index contributed by atoms with van der Waals surface area (Å²) >= 11 is 6.66. The number of para-hydroxylation sites is 1. The molecule has 0 fully saturated rings. The van der Waals surface area contributed by atoms with Crippen molar-refractivity contribution >= 4 is 22.5 Å². The Kier molecular flexibility index (Phi) is 4.64. The van der Waals surface area contributed by atoms with Crippen molar-refractivity contribution in [2.45, 2.75) is 20.4 Å². The smallest absolute Gasteiger partial charge is 0.0703 e. The summed E-state index contributed by atoms with van der Waals surface area (Å²) in [7, 11) is 0. The van der Waals surface area contributed by atoms with Gasteiger partial charge in [-0.2, -0.15) is 10.2 Å². The first-order chi connectivity index (χ1) is 14.6. The molecule has 30 heavy (non-hydrogen) atoms. The Labute approximate surface area is 180 Å². The summed E-state index contributed by atoms with van der Waals surface area (Å²) in [4.78, 5) is 0. The molecular weight excluding hydrogens is 392 g/mol. The van der Waals surface area contributed by atoms with Gasteiger partial charge in [-0.15, -0.1) is 0 Å². The van der Waals surface area contributed by atoms with Gasteiger partial charge in [0, 0.05) is 22.2 Å². The van der Waals surface area contributed by atoms with E-state index in [0.29, 0.717) is 6.54 Å². The Morgan fingerprint density at radius 1 is 0.900 bits per heavy atom. The molecule has 0 unspecified atom stereocenters. The minimum absolute atomic E-state index is 0.648. The van der Waals surface area contributed by atoms with Gasteiger partial charge in [-0.05, 0) is 43.7 Å². The van der Waals surface area contributed by atoms with E-state index in [2.05, 4.69) is 42.4 Å². The maximum absolute atomic E-state index is 6.66. The van der Waals surface area contributed by atoms with E-state index < -0.39 is 0 Å². The molecule has 5 aromatic rings. The number of aryl methyl sites for hydroxylation is 1. The standard InChI is InChI=1S/C25H21ClN4/c1-17-23(18(2)30(28-17)21-11-7-4-8-12-21)16-29-25-14-24(26)22(13-20(25)15-27-29)19-9-5-3-6-10-19/h3-15H,16H2,1-2H3. The van der Waals surface area contributed by atoms with E-state index in [4.69, 9.17) is 16.7 Å². The molecule has 0 aliphatic heterocycles. The molecule has 0 spiro atoms. The van der Waals surface area contributed by atoms with Gasteiger partial charge in [0.1, 0.15) is 0 Å². The van der Waals surface area contributed by atoms with Gasteiger partial charge in [-0.3, -0.25) is 4.68 Å². The van der Waals surface area contributed by atoms with Crippen LogP contribution in [0.1, 0.15) is 17.0 Å². The van der Waals surface area contributed by atoms with Crippen LogP contribution in [-0.2, 0) is 6.54 Å². The highest BCUT2D eigenvalue weighted by atomic mass is 35.5. The first-order valence-electron chi connectivity index (χ1n) is 9.93. The molecule has 148 valence electrons. The van der Waals surface area contributed by atoms with Crippen molar-refractivity contribution in [3.8, 4) is 16.8 Å². The van der Waals surface area contributed by atoms with E-state index in [-0.39, 0.29) is 0 Å². The predicted octanol–water partition coefficient (Wildman–Crippen LogP) is 6.21. The second-order valence-electron chi connectivity index (χ2n) is 7.46. The second kappa shape index (κ2) is 7.47. The summed E-state index contributed by atoms with van der Waals surface area (Å²) in [6.45, 7) is 4.80. The molecule has 5 heteroatoms. The molecule has 0 bridgehead atoms. The molecule has 0 saturated heterocycles. The third-order valence-corrected chi connectivity index (χ3v) is 5.88. The molecule has 0 aliphatic carbocycles. The Bertz CT molecular complexity index is 1330. The van der Waals surface area contributed by atoms with E-state index in [1.54, 1.807) is 0 Å². The lowest BCUT2D eigenvalue weighted by Crippen LogP contribution is -2.04. The number of nitrogens with zero attached hydrogens (tertiary/aromatic N) is 4. The first-order valence-corrected chi connectivity index (χ1v) is 10.3. The van der Waals surface area contributed by atoms with Crippen LogP contribution in [0.3, 0.4) is 0 Å². The summed E-state index contributed by atoms with van der Waals surface area (Å²) < 4.78 is 4.00. The van der Waals surface area contributed by atoms with Gasteiger partial charge in [0.2, 0.25) is 0 Å². The Balaban J connectivity index is 1.54. The van der Waals surface area contributed by atoms with Crippen molar-refractivity contribution in [1.82, 2.24) is 19.6 Å². The van der Waals surface area contributed by atoms with Crippen molar-refractivity contribution in [3.05, 3.63) is 101 Å². The van der Waals surface area contributed by atoms with Crippen LogP contribution in [0.15, 0.2) is 79.0 Å². The molecule has 5 rings (SSSR count). The summed E-state index contributed by atoms with van der Waals surface area (Å²) in [5.74, 6) is 0. The molecule has 2 heterocycles. The minimum Gasteiger partial charge on any atom is -0.260 e. The van der Waals surface area contributed by atoms with Crippen molar-refractivity contribution in [2.24, 2.45) is 0 Å². The van der Waals surface area contributed by atoms with Gasteiger partial charge < -0.3 is 0 Å². The van der Waals surface area contributed by atoms with Crippen LogP contribution in [0.2, 0.25) is 5.02 Å². The fourth-order valence-corrected chi connectivity index (χ4v) is 4.21. The van der Waals surface area contributed by atoms with Crippen LogP contribution >= 0.6 is 11.6 Å². The predicted molar refractivity (Wildman–Crippen MR) is 122 cm³/mol. The number of aromatic nitrogens is 4. The molecule has 0 amide bonds. The Morgan fingerprint density at radius 2 is 1.60 bits per heavy atom. The Morgan fingerprint density at radius 3 is 2.33 bits per heavy atom. The largest absolute Gasteiger partial charge is 0.260 e. The highest BCUT2D eigenvalue weighted by molar-refractivity contribution is 6.34. The maximum atomic E-state index is 6.66. The molecule has 0 radical (unpaired) electrons. The SMILES string of the molecule is Cc1nn(-c2ccccc2)c(C)c1Cn1ncc2cc(-c3ccccc3)c(Cl)cc21. The zero-order valence-electron chi connectivity index (χ0n) is 16.9. The van der Waals surface area contributed by atoms with Crippen molar-refractivity contribution < 1.29 is 0 Å². The number of hydrogen-bond donors (Lipinski definition) is 0. The number of hydrogen-bond acceptors (Lipinski definition) is 2. The molecule has 2 aromatic heterocycles. The monoisotopic (exact) mass is 412 g/mol. The van der Waals surface area contributed by atoms with Crippen LogP contribution in [0.25, 0.3) is 27.7 Å². The average molecular weight is 413 g/mol.